The highest BCUT2D eigenvalue weighted by atomic mass is 32.2. The zero-order valence-electron chi connectivity index (χ0n) is 15.2. The smallest absolute Gasteiger partial charge is 0.234 e. The molecule has 0 bridgehead atoms. The summed E-state index contributed by atoms with van der Waals surface area (Å²) in [6, 6.07) is 7.87. The number of nitrogens with zero attached hydrogens (tertiary/aromatic N) is 2. The number of ether oxygens (including phenoxy) is 1. The van der Waals surface area contributed by atoms with Gasteiger partial charge in [-0.1, -0.05) is 0 Å². The lowest BCUT2D eigenvalue weighted by Crippen LogP contribution is -2.51. The van der Waals surface area contributed by atoms with Crippen LogP contribution in [0.5, 0.6) is 5.75 Å². The molecule has 1 aromatic carbocycles. The minimum Gasteiger partial charge on any atom is -0.497 e. The Morgan fingerprint density at radius 3 is 2.36 bits per heavy atom. The Kier molecular flexibility index (Phi) is 7.58. The molecule has 0 unspecified atom stereocenters. The van der Waals surface area contributed by atoms with Crippen LogP contribution in [0.25, 0.3) is 0 Å². The molecule has 138 valence electrons. The van der Waals surface area contributed by atoms with Gasteiger partial charge in [-0.2, -0.15) is 0 Å². The van der Waals surface area contributed by atoms with E-state index in [1.54, 1.807) is 7.11 Å². The predicted molar refractivity (Wildman–Crippen MR) is 100 cm³/mol. The van der Waals surface area contributed by atoms with Crippen LogP contribution in [-0.2, 0) is 9.59 Å². The zero-order valence-corrected chi connectivity index (χ0v) is 16.0. The largest absolute Gasteiger partial charge is 0.497 e. The number of thioether (sulfide) groups is 1. The average molecular weight is 365 g/mol. The Morgan fingerprint density at radius 2 is 1.80 bits per heavy atom. The van der Waals surface area contributed by atoms with E-state index in [1.165, 1.54) is 11.8 Å². The molecule has 1 aliphatic rings. The zero-order chi connectivity index (χ0) is 18.2. The van der Waals surface area contributed by atoms with Gasteiger partial charge in [0.1, 0.15) is 5.75 Å². The fourth-order valence-electron chi connectivity index (χ4n) is 2.63. The summed E-state index contributed by atoms with van der Waals surface area (Å²) in [5.74, 6) is 1.44. The third kappa shape index (κ3) is 6.59. The standard InChI is InChI=1S/C18H27N3O3S/c1-14(2)19-17(22)12-20-8-10-21(11-9-20)18(23)13-25-16-6-4-15(24-3)5-7-16/h4-7,14H,8-13H2,1-3H3,(H,19,22). The topological polar surface area (TPSA) is 61.9 Å². The second kappa shape index (κ2) is 9.68. The van der Waals surface area contributed by atoms with Crippen LogP contribution in [0.1, 0.15) is 13.8 Å². The van der Waals surface area contributed by atoms with Crippen LogP contribution in [-0.4, -0.2) is 73.2 Å². The Morgan fingerprint density at radius 1 is 1.16 bits per heavy atom. The monoisotopic (exact) mass is 365 g/mol. The number of benzene rings is 1. The third-order valence-electron chi connectivity index (χ3n) is 3.96. The molecule has 6 nitrogen and oxygen atoms in total. The van der Waals surface area contributed by atoms with Crippen molar-refractivity contribution in [1.29, 1.82) is 0 Å². The Balaban J connectivity index is 1.70. The van der Waals surface area contributed by atoms with Gasteiger partial charge in [0.2, 0.25) is 11.8 Å². The lowest BCUT2D eigenvalue weighted by Gasteiger charge is -2.34. The highest BCUT2D eigenvalue weighted by Gasteiger charge is 2.22. The van der Waals surface area contributed by atoms with Gasteiger partial charge < -0.3 is 15.0 Å². The number of hydrogen-bond acceptors (Lipinski definition) is 5. The molecule has 1 aromatic rings. The summed E-state index contributed by atoms with van der Waals surface area (Å²) in [6.07, 6.45) is 0. The molecule has 7 heteroatoms. The molecule has 0 spiro atoms. The maximum atomic E-state index is 12.4. The van der Waals surface area contributed by atoms with Crippen molar-refractivity contribution in [3.63, 3.8) is 0 Å². The average Bonchev–Trinajstić information content (AvgIpc) is 2.60. The highest BCUT2D eigenvalue weighted by Crippen LogP contribution is 2.21. The first kappa shape index (κ1) is 19.6. The highest BCUT2D eigenvalue weighted by molar-refractivity contribution is 8.00. The third-order valence-corrected chi connectivity index (χ3v) is 4.96. The molecule has 1 saturated heterocycles. The minimum absolute atomic E-state index is 0.0461. The van der Waals surface area contributed by atoms with Gasteiger partial charge in [0.05, 0.1) is 19.4 Å². The summed E-state index contributed by atoms with van der Waals surface area (Å²) in [7, 11) is 1.64. The number of carbonyl (C=O) groups is 2. The van der Waals surface area contributed by atoms with Crippen molar-refractivity contribution in [2.75, 3.05) is 45.6 Å². The van der Waals surface area contributed by atoms with Gasteiger partial charge in [-0.3, -0.25) is 14.5 Å². The van der Waals surface area contributed by atoms with Crippen molar-refractivity contribution < 1.29 is 14.3 Å². The van der Waals surface area contributed by atoms with E-state index in [-0.39, 0.29) is 17.9 Å². The van der Waals surface area contributed by atoms with E-state index in [0.717, 1.165) is 23.7 Å². The van der Waals surface area contributed by atoms with E-state index in [4.69, 9.17) is 4.74 Å². The summed E-state index contributed by atoms with van der Waals surface area (Å²) >= 11 is 1.54. The predicted octanol–water partition coefficient (Wildman–Crippen LogP) is 1.46. The molecule has 0 saturated carbocycles. The molecule has 2 amide bonds. The summed E-state index contributed by atoms with van der Waals surface area (Å²) in [5.41, 5.74) is 0. The molecule has 0 aliphatic carbocycles. The van der Waals surface area contributed by atoms with E-state index >= 15 is 0 Å². The number of hydrogen-bond donors (Lipinski definition) is 1. The number of methoxy groups -OCH3 is 1. The number of rotatable bonds is 7. The van der Waals surface area contributed by atoms with E-state index in [9.17, 15) is 9.59 Å². The number of piperazine rings is 1. The van der Waals surface area contributed by atoms with E-state index in [0.29, 0.717) is 25.4 Å². The molecule has 1 N–H and O–H groups in total. The SMILES string of the molecule is COc1ccc(SCC(=O)N2CCN(CC(=O)NC(C)C)CC2)cc1. The van der Waals surface area contributed by atoms with Crippen molar-refractivity contribution in [2.24, 2.45) is 0 Å². The fraction of sp³-hybridized carbons (Fsp3) is 0.556. The number of carbonyl (C=O) groups excluding carboxylic acids is 2. The lowest BCUT2D eigenvalue weighted by atomic mass is 10.3. The first-order valence-electron chi connectivity index (χ1n) is 8.54. The van der Waals surface area contributed by atoms with E-state index < -0.39 is 0 Å². The van der Waals surface area contributed by atoms with Crippen molar-refractivity contribution in [3.8, 4) is 5.75 Å². The molecule has 1 fully saturated rings. The second-order valence-electron chi connectivity index (χ2n) is 6.34. The second-order valence-corrected chi connectivity index (χ2v) is 7.39. The van der Waals surface area contributed by atoms with Gasteiger partial charge in [-0.25, -0.2) is 0 Å². The van der Waals surface area contributed by atoms with Crippen LogP contribution < -0.4 is 10.1 Å². The van der Waals surface area contributed by atoms with E-state index in [2.05, 4.69) is 10.2 Å². The maximum absolute atomic E-state index is 12.4. The quantitative estimate of drug-likeness (QED) is 0.741. The van der Waals surface area contributed by atoms with Crippen molar-refractivity contribution in [1.82, 2.24) is 15.1 Å². The first-order chi connectivity index (χ1) is 12.0. The van der Waals surface area contributed by atoms with Gasteiger partial charge in [-0.05, 0) is 38.1 Å². The summed E-state index contributed by atoms with van der Waals surface area (Å²) in [4.78, 5) is 29.2. The molecule has 1 heterocycles. The molecule has 2 rings (SSSR count). The van der Waals surface area contributed by atoms with Gasteiger partial charge in [0.15, 0.2) is 0 Å². The van der Waals surface area contributed by atoms with Gasteiger partial charge in [0, 0.05) is 37.1 Å². The normalized spacial score (nSPS) is 15.3. The summed E-state index contributed by atoms with van der Waals surface area (Å²) in [5, 5.41) is 2.90. The Hall–Kier alpha value is -1.73. The molecule has 25 heavy (non-hydrogen) atoms. The van der Waals surface area contributed by atoms with E-state index in [1.807, 2.05) is 43.0 Å². The Labute approximate surface area is 153 Å². The minimum atomic E-state index is 0.0461. The van der Waals surface area contributed by atoms with Gasteiger partial charge in [0.25, 0.3) is 0 Å². The summed E-state index contributed by atoms with van der Waals surface area (Å²) in [6.45, 7) is 7.15. The molecule has 0 aromatic heterocycles. The lowest BCUT2D eigenvalue weighted by molar-refractivity contribution is -0.130. The maximum Gasteiger partial charge on any atom is 0.234 e. The molecule has 1 aliphatic heterocycles. The van der Waals surface area contributed by atoms with Crippen LogP contribution in [0.4, 0.5) is 0 Å². The van der Waals surface area contributed by atoms with Crippen molar-refractivity contribution in [3.05, 3.63) is 24.3 Å². The first-order valence-corrected chi connectivity index (χ1v) is 9.53. The van der Waals surface area contributed by atoms with Gasteiger partial charge >= 0.3 is 0 Å². The Bertz CT molecular complexity index is 569. The fourth-order valence-corrected chi connectivity index (χ4v) is 3.44. The van der Waals surface area contributed by atoms with Crippen LogP contribution in [0.2, 0.25) is 0 Å². The number of nitrogens with one attached hydrogen (secondary N) is 1. The van der Waals surface area contributed by atoms with Crippen LogP contribution >= 0.6 is 11.8 Å². The van der Waals surface area contributed by atoms with Crippen molar-refractivity contribution >= 4 is 23.6 Å². The molecular formula is C18H27N3O3S. The molecular weight excluding hydrogens is 338 g/mol. The summed E-state index contributed by atoms with van der Waals surface area (Å²) < 4.78 is 5.13. The van der Waals surface area contributed by atoms with Crippen molar-refractivity contribution in [2.45, 2.75) is 24.8 Å². The van der Waals surface area contributed by atoms with Gasteiger partial charge in [-0.15, -0.1) is 11.8 Å². The van der Waals surface area contributed by atoms with Crippen LogP contribution in [0.3, 0.4) is 0 Å². The molecule has 0 atom stereocenters. The molecule has 0 radical (unpaired) electrons. The van der Waals surface area contributed by atoms with Crippen LogP contribution in [0.15, 0.2) is 29.2 Å². The van der Waals surface area contributed by atoms with Crippen LogP contribution in [0, 0.1) is 0 Å². The number of amides is 2.